The highest BCUT2D eigenvalue weighted by molar-refractivity contribution is 9.10. The zero-order valence-electron chi connectivity index (χ0n) is 9.87. The molecule has 0 saturated carbocycles. The summed E-state index contributed by atoms with van der Waals surface area (Å²) in [6.45, 7) is 5.07. The lowest BCUT2D eigenvalue weighted by Crippen LogP contribution is -2.28. The molecule has 4 nitrogen and oxygen atoms in total. The van der Waals surface area contributed by atoms with Crippen LogP contribution in [0.5, 0.6) is 0 Å². The third-order valence-electron chi connectivity index (χ3n) is 2.34. The summed E-state index contributed by atoms with van der Waals surface area (Å²) >= 11 is 5.06. The molecule has 0 radical (unpaired) electrons. The Bertz CT molecular complexity index is 431. The van der Waals surface area contributed by atoms with Gasteiger partial charge in [-0.1, -0.05) is 0 Å². The maximum Gasteiger partial charge on any atom is 0.282 e. The highest BCUT2D eigenvalue weighted by atomic mass is 79.9. The first kappa shape index (κ1) is 13.6. The average molecular weight is 306 g/mol. The molecule has 16 heavy (non-hydrogen) atoms. The number of anilines is 1. The summed E-state index contributed by atoms with van der Waals surface area (Å²) in [5.74, 6) is 0. The topological polar surface area (TPSA) is 46.9 Å². The number of halogens is 1. The number of nitrogens with one attached hydrogen (secondary N) is 1. The molecule has 1 aromatic heterocycles. The Balaban J connectivity index is 2.84. The van der Waals surface area contributed by atoms with Gasteiger partial charge in [-0.05, 0) is 36.0 Å². The van der Waals surface area contributed by atoms with Crippen LogP contribution >= 0.6 is 27.7 Å². The van der Waals surface area contributed by atoms with Crippen LogP contribution in [0.15, 0.2) is 15.5 Å². The smallest absolute Gasteiger partial charge is 0.282 e. The zero-order valence-corrected chi connectivity index (χ0v) is 12.3. The summed E-state index contributed by atoms with van der Waals surface area (Å²) in [5.41, 5.74) is 0.609. The van der Waals surface area contributed by atoms with Gasteiger partial charge in [-0.25, -0.2) is 4.68 Å². The molecule has 0 atom stereocenters. The van der Waals surface area contributed by atoms with Crippen LogP contribution in [0.4, 0.5) is 5.69 Å². The molecule has 0 fully saturated rings. The number of hydrogen-bond acceptors (Lipinski definition) is 4. The lowest BCUT2D eigenvalue weighted by molar-refractivity contribution is 0.699. The first-order valence-corrected chi connectivity index (χ1v) is 6.90. The third kappa shape index (κ3) is 3.25. The summed E-state index contributed by atoms with van der Waals surface area (Å²) in [6, 6.07) is 0. The molecule has 90 valence electrons. The fourth-order valence-electron chi connectivity index (χ4n) is 1.01. The molecule has 1 rings (SSSR count). The molecule has 0 aromatic carbocycles. The van der Waals surface area contributed by atoms with E-state index in [1.165, 1.54) is 4.68 Å². The van der Waals surface area contributed by atoms with Crippen molar-refractivity contribution in [1.29, 1.82) is 0 Å². The van der Waals surface area contributed by atoms with Crippen molar-refractivity contribution < 1.29 is 0 Å². The largest absolute Gasteiger partial charge is 0.381 e. The number of thioether (sulfide) groups is 1. The number of hydrogen-bond donors (Lipinski definition) is 1. The van der Waals surface area contributed by atoms with Crippen molar-refractivity contribution in [1.82, 2.24) is 9.78 Å². The van der Waals surface area contributed by atoms with Gasteiger partial charge in [0.2, 0.25) is 0 Å². The number of nitrogens with zero attached hydrogens (tertiary/aromatic N) is 2. The van der Waals surface area contributed by atoms with Gasteiger partial charge < -0.3 is 5.32 Å². The van der Waals surface area contributed by atoms with Crippen LogP contribution in [0.25, 0.3) is 0 Å². The van der Waals surface area contributed by atoms with Crippen molar-refractivity contribution in [2.24, 2.45) is 7.05 Å². The molecule has 0 saturated heterocycles. The van der Waals surface area contributed by atoms with Gasteiger partial charge in [-0.2, -0.15) is 16.9 Å². The Morgan fingerprint density at radius 1 is 1.62 bits per heavy atom. The van der Waals surface area contributed by atoms with Crippen LogP contribution in [0.3, 0.4) is 0 Å². The van der Waals surface area contributed by atoms with E-state index in [1.54, 1.807) is 25.0 Å². The highest BCUT2D eigenvalue weighted by Gasteiger charge is 2.16. The van der Waals surface area contributed by atoms with E-state index in [2.05, 4.69) is 46.4 Å². The summed E-state index contributed by atoms with van der Waals surface area (Å²) in [4.78, 5) is 11.6. The molecule has 6 heteroatoms. The van der Waals surface area contributed by atoms with Gasteiger partial charge >= 0.3 is 0 Å². The minimum Gasteiger partial charge on any atom is -0.381 e. The van der Waals surface area contributed by atoms with Gasteiger partial charge in [0.25, 0.3) is 5.56 Å². The Kier molecular flexibility index (Phi) is 4.43. The molecule has 1 N–H and O–H groups in total. The van der Waals surface area contributed by atoms with Gasteiger partial charge in [0.1, 0.15) is 4.47 Å². The van der Waals surface area contributed by atoms with E-state index in [4.69, 9.17) is 0 Å². The average Bonchev–Trinajstić information content (AvgIpc) is 2.25. The molecule has 0 aliphatic heterocycles. The highest BCUT2D eigenvalue weighted by Crippen LogP contribution is 2.23. The lowest BCUT2D eigenvalue weighted by Gasteiger charge is -2.23. The van der Waals surface area contributed by atoms with Crippen LogP contribution in [0.1, 0.15) is 13.8 Å². The first-order valence-electron chi connectivity index (χ1n) is 4.88. The van der Waals surface area contributed by atoms with Crippen molar-refractivity contribution in [2.45, 2.75) is 18.6 Å². The molecule has 0 spiro atoms. The molecule has 0 amide bonds. The van der Waals surface area contributed by atoms with Crippen LogP contribution in [-0.2, 0) is 7.05 Å². The van der Waals surface area contributed by atoms with Gasteiger partial charge in [-0.15, -0.1) is 0 Å². The fourth-order valence-corrected chi connectivity index (χ4v) is 1.73. The Morgan fingerprint density at radius 3 is 2.81 bits per heavy atom. The second-order valence-corrected chi connectivity index (χ2v) is 6.42. The van der Waals surface area contributed by atoms with E-state index in [0.29, 0.717) is 4.47 Å². The summed E-state index contributed by atoms with van der Waals surface area (Å²) < 4.78 is 1.96. The second kappa shape index (κ2) is 5.23. The van der Waals surface area contributed by atoms with E-state index in [-0.39, 0.29) is 10.3 Å². The molecule has 0 bridgehead atoms. The Morgan fingerprint density at radius 2 is 2.25 bits per heavy atom. The minimum absolute atomic E-state index is 0.126. The predicted molar refractivity (Wildman–Crippen MR) is 73.3 cm³/mol. The van der Waals surface area contributed by atoms with E-state index in [1.807, 2.05) is 0 Å². The number of rotatable bonds is 4. The van der Waals surface area contributed by atoms with Crippen LogP contribution < -0.4 is 10.9 Å². The van der Waals surface area contributed by atoms with Crippen LogP contribution in [0, 0.1) is 0 Å². The minimum atomic E-state index is -0.132. The molecule has 0 aliphatic carbocycles. The molecule has 0 unspecified atom stereocenters. The normalized spacial score (nSPS) is 11.6. The van der Waals surface area contributed by atoms with Crippen molar-refractivity contribution in [2.75, 3.05) is 18.1 Å². The van der Waals surface area contributed by atoms with Crippen LogP contribution in [0.2, 0.25) is 0 Å². The second-order valence-electron chi connectivity index (χ2n) is 4.12. The third-order valence-corrected chi connectivity index (χ3v) is 4.35. The fraction of sp³-hybridized carbons (Fsp3) is 0.600. The van der Waals surface area contributed by atoms with Gasteiger partial charge in [0.05, 0.1) is 11.9 Å². The summed E-state index contributed by atoms with van der Waals surface area (Å²) in [5, 5.41) is 7.20. The number of aromatic nitrogens is 2. The Labute approximate surface area is 108 Å². The van der Waals surface area contributed by atoms with Gasteiger partial charge in [-0.3, -0.25) is 4.79 Å². The quantitative estimate of drug-likeness (QED) is 0.925. The maximum atomic E-state index is 11.6. The molecule has 0 aliphatic rings. The summed E-state index contributed by atoms with van der Waals surface area (Å²) in [7, 11) is 1.63. The standard InChI is InChI=1S/C10H16BrN3OS/c1-10(2,16-4)6-12-7-5-13-14(3)9(15)8(7)11/h5,12H,6H2,1-4H3. The lowest BCUT2D eigenvalue weighted by atomic mass is 10.2. The number of aryl methyl sites for hydroxylation is 1. The first-order chi connectivity index (χ1) is 7.37. The monoisotopic (exact) mass is 305 g/mol. The molecular formula is C10H16BrN3OS. The predicted octanol–water partition coefficient (Wildman–Crippen LogP) is 2.10. The molecule has 1 aromatic rings. The Hall–Kier alpha value is -0.490. The van der Waals surface area contributed by atoms with Crippen LogP contribution in [-0.4, -0.2) is 27.3 Å². The van der Waals surface area contributed by atoms with Crippen molar-refractivity contribution in [3.8, 4) is 0 Å². The van der Waals surface area contributed by atoms with Crippen molar-refractivity contribution in [3.63, 3.8) is 0 Å². The summed E-state index contributed by atoms with van der Waals surface area (Å²) in [6.07, 6.45) is 3.72. The van der Waals surface area contributed by atoms with Gasteiger partial charge in [0.15, 0.2) is 0 Å². The van der Waals surface area contributed by atoms with E-state index < -0.39 is 0 Å². The van der Waals surface area contributed by atoms with Crippen molar-refractivity contribution >= 4 is 33.4 Å². The van der Waals surface area contributed by atoms with E-state index >= 15 is 0 Å². The van der Waals surface area contributed by atoms with Gasteiger partial charge in [0, 0.05) is 18.3 Å². The van der Waals surface area contributed by atoms with E-state index in [0.717, 1.165) is 12.2 Å². The SMILES string of the molecule is CSC(C)(C)CNc1cnn(C)c(=O)c1Br. The molecule has 1 heterocycles. The van der Waals surface area contributed by atoms with Crippen molar-refractivity contribution in [3.05, 3.63) is 21.0 Å². The van der Waals surface area contributed by atoms with E-state index in [9.17, 15) is 4.79 Å². The maximum absolute atomic E-state index is 11.6. The molecular weight excluding hydrogens is 290 g/mol. The zero-order chi connectivity index (χ0) is 12.3.